The van der Waals surface area contributed by atoms with Crippen LogP contribution in [-0.2, 0) is 9.59 Å². The second kappa shape index (κ2) is 8.01. The number of nitrogens with one attached hydrogen (secondary N) is 1. The third-order valence-electron chi connectivity index (χ3n) is 2.44. The molecule has 0 aliphatic rings. The summed E-state index contributed by atoms with van der Waals surface area (Å²) in [5, 5.41) is 22.3. The summed E-state index contributed by atoms with van der Waals surface area (Å²) in [7, 11) is 0. The smallest absolute Gasteiger partial charge is 0.328 e. The van der Waals surface area contributed by atoms with Crippen molar-refractivity contribution >= 4 is 24.5 Å². The number of hydrogen-bond donors (Lipinski definition) is 5. The van der Waals surface area contributed by atoms with Crippen LogP contribution in [0.15, 0.2) is 5.18 Å². The van der Waals surface area contributed by atoms with Crippen molar-refractivity contribution in [1.82, 2.24) is 5.32 Å². The summed E-state index contributed by atoms with van der Waals surface area (Å²) in [6.07, 6.45) is 0.441. The van der Waals surface area contributed by atoms with Crippen molar-refractivity contribution in [3.8, 4) is 0 Å². The molecule has 5 N–H and O–H groups in total. The molecule has 9 heteroatoms. The number of nitroso groups, excluding NO2 is 1. The molecule has 1 amide bonds. The molecule has 1 unspecified atom stereocenters. The fraction of sp³-hybridized carbons (Fsp3) is 0.778. The van der Waals surface area contributed by atoms with Gasteiger partial charge in [-0.05, 0) is 19.4 Å². The molecular weight excluding hydrogens is 262 g/mol. The first kappa shape index (κ1) is 16.8. The maximum Gasteiger partial charge on any atom is 0.328 e. The Hall–Kier alpha value is -1.19. The molecule has 0 fully saturated rings. The first-order chi connectivity index (χ1) is 8.47. The molecule has 0 aliphatic heterocycles. The van der Waals surface area contributed by atoms with Crippen LogP contribution in [0.3, 0.4) is 0 Å². The average molecular weight is 279 g/mol. The minimum absolute atomic E-state index is 0.0695. The molecule has 0 rings (SSSR count). The van der Waals surface area contributed by atoms with Crippen LogP contribution in [0.2, 0.25) is 0 Å². The van der Waals surface area contributed by atoms with Crippen molar-refractivity contribution in [2.24, 2.45) is 10.9 Å². The number of nitrogens with zero attached hydrogens (tertiary/aromatic N) is 1. The zero-order valence-electron chi connectivity index (χ0n) is 9.70. The summed E-state index contributed by atoms with van der Waals surface area (Å²) in [5.74, 6) is -2.44. The van der Waals surface area contributed by atoms with Gasteiger partial charge in [0.1, 0.15) is 6.04 Å². The van der Waals surface area contributed by atoms with Gasteiger partial charge in [-0.3, -0.25) is 4.79 Å². The predicted octanol–water partition coefficient (Wildman–Crippen LogP) is -1.28. The van der Waals surface area contributed by atoms with E-state index in [-0.39, 0.29) is 18.7 Å². The van der Waals surface area contributed by atoms with Crippen molar-refractivity contribution < 1.29 is 19.8 Å². The first-order valence-corrected chi connectivity index (χ1v) is 5.90. The van der Waals surface area contributed by atoms with Gasteiger partial charge in [0.05, 0.1) is 6.61 Å². The fourth-order valence-electron chi connectivity index (χ4n) is 1.25. The van der Waals surface area contributed by atoms with Crippen molar-refractivity contribution in [2.45, 2.75) is 24.4 Å². The van der Waals surface area contributed by atoms with Gasteiger partial charge >= 0.3 is 5.97 Å². The van der Waals surface area contributed by atoms with Crippen LogP contribution >= 0.6 is 12.6 Å². The van der Waals surface area contributed by atoms with Crippen LogP contribution in [-0.4, -0.2) is 52.6 Å². The highest BCUT2D eigenvalue weighted by Crippen LogP contribution is 2.20. The van der Waals surface area contributed by atoms with E-state index in [1.165, 1.54) is 0 Å². The maximum absolute atomic E-state index is 11.8. The Bertz CT molecular complexity index is 315. The van der Waals surface area contributed by atoms with Gasteiger partial charge in [-0.2, -0.15) is 12.6 Å². The van der Waals surface area contributed by atoms with Crippen LogP contribution in [0.1, 0.15) is 12.8 Å². The topological polar surface area (TPSA) is 142 Å². The van der Waals surface area contributed by atoms with Crippen molar-refractivity contribution in [2.75, 3.05) is 18.9 Å². The van der Waals surface area contributed by atoms with Crippen molar-refractivity contribution in [3.63, 3.8) is 0 Å². The molecule has 0 aromatic rings. The lowest BCUT2D eigenvalue weighted by atomic mass is 9.95. The number of rotatable bonds is 9. The third kappa shape index (κ3) is 4.24. The minimum atomic E-state index is -1.66. The molecule has 104 valence electrons. The van der Waals surface area contributed by atoms with Crippen LogP contribution in [0.25, 0.3) is 0 Å². The highest BCUT2D eigenvalue weighted by atomic mass is 32.1. The van der Waals surface area contributed by atoms with Crippen LogP contribution < -0.4 is 11.1 Å². The number of thiol groups is 1. The van der Waals surface area contributed by atoms with E-state index < -0.39 is 30.1 Å². The lowest BCUT2D eigenvalue weighted by Crippen LogP contribution is -2.53. The Balaban J connectivity index is 4.85. The Morgan fingerprint density at radius 3 is 2.44 bits per heavy atom. The number of carbonyl (C=O) groups excluding carboxylic acids is 1. The van der Waals surface area contributed by atoms with Gasteiger partial charge in [0.2, 0.25) is 0 Å². The molecule has 0 aromatic carbocycles. The van der Waals surface area contributed by atoms with E-state index in [4.69, 9.17) is 15.9 Å². The molecule has 8 nitrogen and oxygen atoms in total. The molecular formula is C9H17N3O5S. The summed E-state index contributed by atoms with van der Waals surface area (Å²) in [4.78, 5) is 33.3. The summed E-state index contributed by atoms with van der Waals surface area (Å²) >= 11 is 3.89. The van der Waals surface area contributed by atoms with E-state index in [1.54, 1.807) is 0 Å². The molecule has 0 aliphatic carbocycles. The summed E-state index contributed by atoms with van der Waals surface area (Å²) in [5.41, 5.74) is 3.63. The molecule has 0 bridgehead atoms. The van der Waals surface area contributed by atoms with E-state index >= 15 is 0 Å². The largest absolute Gasteiger partial charge is 0.480 e. The predicted molar refractivity (Wildman–Crippen MR) is 67.3 cm³/mol. The van der Waals surface area contributed by atoms with E-state index in [1.807, 2.05) is 5.32 Å². The second-order valence-electron chi connectivity index (χ2n) is 3.72. The molecule has 0 saturated carbocycles. The van der Waals surface area contributed by atoms with Gasteiger partial charge in [-0.15, -0.1) is 4.91 Å². The number of aliphatic hydroxyl groups is 1. The Morgan fingerprint density at radius 2 is 2.11 bits per heavy atom. The van der Waals surface area contributed by atoms with E-state index in [9.17, 15) is 14.5 Å². The van der Waals surface area contributed by atoms with E-state index in [0.717, 1.165) is 0 Å². The lowest BCUT2D eigenvalue weighted by molar-refractivity contribution is -0.143. The summed E-state index contributed by atoms with van der Waals surface area (Å²) < 4.78 is 0. The van der Waals surface area contributed by atoms with Gasteiger partial charge in [0.25, 0.3) is 5.91 Å². The van der Waals surface area contributed by atoms with Crippen molar-refractivity contribution in [3.05, 3.63) is 4.91 Å². The number of aliphatic hydroxyl groups excluding tert-OH is 1. The highest BCUT2D eigenvalue weighted by molar-refractivity contribution is 7.80. The molecule has 0 spiro atoms. The van der Waals surface area contributed by atoms with E-state index in [0.29, 0.717) is 6.42 Å². The van der Waals surface area contributed by atoms with Crippen LogP contribution in [0.5, 0.6) is 0 Å². The van der Waals surface area contributed by atoms with Gasteiger partial charge in [-0.1, -0.05) is 5.18 Å². The van der Waals surface area contributed by atoms with Crippen molar-refractivity contribution in [1.29, 1.82) is 0 Å². The zero-order valence-corrected chi connectivity index (χ0v) is 10.6. The Morgan fingerprint density at radius 1 is 1.50 bits per heavy atom. The fourth-order valence-corrected chi connectivity index (χ4v) is 1.61. The third-order valence-corrected chi connectivity index (χ3v) is 2.96. The number of carboxylic acid groups (broad SMARTS) is 1. The summed E-state index contributed by atoms with van der Waals surface area (Å²) in [6.45, 7) is -0.514. The molecule has 0 heterocycles. The highest BCUT2D eigenvalue weighted by Gasteiger charge is 2.40. The van der Waals surface area contributed by atoms with E-state index in [2.05, 4.69) is 17.8 Å². The minimum Gasteiger partial charge on any atom is -0.480 e. The number of amides is 1. The number of carbonyl (C=O) groups is 2. The van der Waals surface area contributed by atoms with Gasteiger partial charge in [0, 0.05) is 5.75 Å². The number of hydrogen-bond acceptors (Lipinski definition) is 7. The van der Waals surface area contributed by atoms with Crippen LogP contribution in [0.4, 0.5) is 0 Å². The quantitative estimate of drug-likeness (QED) is 0.263. The molecule has 2 atom stereocenters. The van der Waals surface area contributed by atoms with Gasteiger partial charge in [-0.25, -0.2) is 4.79 Å². The van der Waals surface area contributed by atoms with Gasteiger partial charge < -0.3 is 21.3 Å². The lowest BCUT2D eigenvalue weighted by Gasteiger charge is -2.24. The summed E-state index contributed by atoms with van der Waals surface area (Å²) in [6, 6.07) is -1.48. The molecule has 0 saturated heterocycles. The average Bonchev–Trinajstić information content (AvgIpc) is 2.37. The Kier molecular flexibility index (Phi) is 7.48. The molecule has 0 aromatic heterocycles. The SMILES string of the molecule is NCCCC(CS)(N=O)C(=O)N[C@@H](CO)C(=O)O. The number of aliphatic carboxylic acids is 1. The molecule has 18 heavy (non-hydrogen) atoms. The standard InChI is InChI=1S/C9H17N3O5S/c10-3-1-2-9(5-18,12-17)8(16)11-6(4-13)7(14)15/h6,13,18H,1-5,10H2,(H,11,16)(H,14,15)/t6-,9?/m0/s1. The zero-order chi connectivity index (χ0) is 14.2. The monoisotopic (exact) mass is 279 g/mol. The van der Waals surface area contributed by atoms with Crippen LogP contribution in [0, 0.1) is 4.91 Å². The second-order valence-corrected chi connectivity index (χ2v) is 4.04. The first-order valence-electron chi connectivity index (χ1n) is 5.27. The number of carboxylic acids is 1. The Labute approximate surface area is 109 Å². The normalized spacial score (nSPS) is 15.5. The number of nitrogens with two attached hydrogens (primary N) is 1. The maximum atomic E-state index is 11.8. The molecule has 0 radical (unpaired) electrons. The van der Waals surface area contributed by atoms with Gasteiger partial charge in [0.15, 0.2) is 5.54 Å².